The van der Waals surface area contributed by atoms with Gasteiger partial charge in [0, 0.05) is 26.1 Å². The Morgan fingerprint density at radius 2 is 1.88 bits per heavy atom. The van der Waals surface area contributed by atoms with Gasteiger partial charge in [0.2, 0.25) is 5.91 Å². The van der Waals surface area contributed by atoms with E-state index in [-0.39, 0.29) is 12.0 Å². The molecule has 0 radical (unpaired) electrons. The summed E-state index contributed by atoms with van der Waals surface area (Å²) in [4.78, 5) is 16.4. The number of halogens is 3. The number of likely N-dealkylation sites (N-methyl/N-ethyl adjacent to an activating group) is 1. The van der Waals surface area contributed by atoms with Gasteiger partial charge in [0.1, 0.15) is 6.54 Å². The van der Waals surface area contributed by atoms with Crippen molar-refractivity contribution in [3.63, 3.8) is 0 Å². The fourth-order valence-corrected chi connectivity index (χ4v) is 2.64. The standard InChI is InChI=1S/C17H23F3N4O/c1-21-15(22-10-14(25)24(2)12-17(18,19)20)23-11-16(8-9-16)13-6-4-3-5-7-13/h3-7H,8-12H2,1-2H3,(H2,21,22,23). The van der Waals surface area contributed by atoms with Crippen LogP contribution in [0.1, 0.15) is 18.4 Å². The third-order valence-electron chi connectivity index (χ3n) is 4.31. The first-order valence-electron chi connectivity index (χ1n) is 8.06. The maximum atomic E-state index is 12.3. The second-order valence-corrected chi connectivity index (χ2v) is 6.29. The Balaban J connectivity index is 1.81. The molecule has 0 bridgehead atoms. The maximum absolute atomic E-state index is 12.3. The number of hydrogen-bond acceptors (Lipinski definition) is 2. The lowest BCUT2D eigenvalue weighted by molar-refractivity contribution is -0.157. The second-order valence-electron chi connectivity index (χ2n) is 6.29. The molecule has 2 rings (SSSR count). The van der Waals surface area contributed by atoms with Crippen molar-refractivity contribution in [2.75, 3.05) is 33.7 Å². The Morgan fingerprint density at radius 3 is 2.40 bits per heavy atom. The van der Waals surface area contributed by atoms with E-state index in [1.54, 1.807) is 7.05 Å². The molecule has 0 heterocycles. The predicted octanol–water partition coefficient (Wildman–Crippen LogP) is 1.90. The lowest BCUT2D eigenvalue weighted by Crippen LogP contribution is -2.47. The first kappa shape index (κ1) is 19.1. The molecule has 1 saturated carbocycles. The highest BCUT2D eigenvalue weighted by Gasteiger charge is 2.44. The highest BCUT2D eigenvalue weighted by Crippen LogP contribution is 2.47. The number of aliphatic imine (C=N–C) groups is 1. The molecule has 138 valence electrons. The summed E-state index contributed by atoms with van der Waals surface area (Å²) < 4.78 is 36.9. The van der Waals surface area contributed by atoms with Gasteiger partial charge in [-0.1, -0.05) is 30.3 Å². The van der Waals surface area contributed by atoms with E-state index in [4.69, 9.17) is 0 Å². The zero-order chi connectivity index (χ0) is 18.5. The monoisotopic (exact) mass is 356 g/mol. The Morgan fingerprint density at radius 1 is 1.24 bits per heavy atom. The average Bonchev–Trinajstić information content (AvgIpc) is 3.35. The highest BCUT2D eigenvalue weighted by molar-refractivity contribution is 5.86. The van der Waals surface area contributed by atoms with Crippen LogP contribution >= 0.6 is 0 Å². The van der Waals surface area contributed by atoms with Crippen LogP contribution in [0.4, 0.5) is 13.2 Å². The molecule has 1 aliphatic rings. The van der Waals surface area contributed by atoms with Crippen molar-refractivity contribution in [2.24, 2.45) is 4.99 Å². The summed E-state index contributed by atoms with van der Waals surface area (Å²) in [5, 5.41) is 5.93. The molecule has 2 N–H and O–H groups in total. The van der Waals surface area contributed by atoms with E-state index < -0.39 is 18.6 Å². The maximum Gasteiger partial charge on any atom is 0.406 e. The summed E-state index contributed by atoms with van der Waals surface area (Å²) in [5.41, 5.74) is 1.31. The number of amides is 1. The van der Waals surface area contributed by atoms with Gasteiger partial charge in [-0.15, -0.1) is 0 Å². The fourth-order valence-electron chi connectivity index (χ4n) is 2.64. The second kappa shape index (κ2) is 7.76. The van der Waals surface area contributed by atoms with Crippen molar-refractivity contribution in [3.8, 4) is 0 Å². The molecule has 0 saturated heterocycles. The van der Waals surface area contributed by atoms with Gasteiger partial charge in [-0.25, -0.2) is 0 Å². The Kier molecular flexibility index (Phi) is 5.92. The number of carbonyl (C=O) groups is 1. The van der Waals surface area contributed by atoms with E-state index in [1.807, 2.05) is 18.2 Å². The summed E-state index contributed by atoms with van der Waals surface area (Å²) in [6.07, 6.45) is -2.28. The van der Waals surface area contributed by atoms with Gasteiger partial charge in [0.25, 0.3) is 0 Å². The fraction of sp³-hybridized carbons (Fsp3) is 0.529. The van der Waals surface area contributed by atoms with E-state index in [1.165, 1.54) is 5.56 Å². The van der Waals surface area contributed by atoms with Gasteiger partial charge in [0.05, 0.1) is 6.54 Å². The number of hydrogen-bond donors (Lipinski definition) is 2. The van der Waals surface area contributed by atoms with Gasteiger partial charge in [-0.3, -0.25) is 9.79 Å². The topological polar surface area (TPSA) is 56.7 Å². The molecule has 1 amide bonds. The Labute approximate surface area is 145 Å². The lowest BCUT2D eigenvalue weighted by Gasteiger charge is -2.21. The quantitative estimate of drug-likeness (QED) is 0.605. The highest BCUT2D eigenvalue weighted by atomic mass is 19.4. The van der Waals surface area contributed by atoms with Crippen LogP contribution in [-0.4, -0.2) is 56.7 Å². The summed E-state index contributed by atoms with van der Waals surface area (Å²) >= 11 is 0. The van der Waals surface area contributed by atoms with Crippen molar-refractivity contribution in [1.29, 1.82) is 0 Å². The zero-order valence-corrected chi connectivity index (χ0v) is 14.4. The first-order valence-corrected chi connectivity index (χ1v) is 8.06. The smallest absolute Gasteiger partial charge is 0.356 e. The molecule has 1 aromatic carbocycles. The summed E-state index contributed by atoms with van der Waals surface area (Å²) in [7, 11) is 2.68. The van der Waals surface area contributed by atoms with Crippen molar-refractivity contribution >= 4 is 11.9 Å². The van der Waals surface area contributed by atoms with E-state index in [0.29, 0.717) is 17.4 Å². The molecule has 1 aliphatic carbocycles. The summed E-state index contributed by atoms with van der Waals surface area (Å²) in [5.74, 6) is -0.250. The number of nitrogens with zero attached hydrogens (tertiary/aromatic N) is 2. The Hall–Kier alpha value is -2.25. The molecule has 1 aromatic rings. The SMILES string of the molecule is CN=C(NCC(=O)N(C)CC(F)(F)F)NCC1(c2ccccc2)CC1. The zero-order valence-electron chi connectivity index (χ0n) is 14.4. The number of benzene rings is 1. The molecule has 0 atom stereocenters. The number of nitrogens with one attached hydrogen (secondary N) is 2. The third kappa shape index (κ3) is 5.65. The van der Waals surface area contributed by atoms with Gasteiger partial charge in [0.15, 0.2) is 5.96 Å². The van der Waals surface area contributed by atoms with Crippen LogP contribution in [0.15, 0.2) is 35.3 Å². The van der Waals surface area contributed by atoms with E-state index in [2.05, 4.69) is 27.8 Å². The van der Waals surface area contributed by atoms with Gasteiger partial charge >= 0.3 is 6.18 Å². The number of guanidine groups is 1. The van der Waals surface area contributed by atoms with Crippen molar-refractivity contribution in [3.05, 3.63) is 35.9 Å². The predicted molar refractivity (Wildman–Crippen MR) is 90.4 cm³/mol. The van der Waals surface area contributed by atoms with Gasteiger partial charge in [-0.2, -0.15) is 13.2 Å². The number of carbonyl (C=O) groups excluding carboxylic acids is 1. The van der Waals surface area contributed by atoms with Crippen LogP contribution in [0.3, 0.4) is 0 Å². The van der Waals surface area contributed by atoms with Crippen LogP contribution in [0.25, 0.3) is 0 Å². The minimum Gasteiger partial charge on any atom is -0.356 e. The van der Waals surface area contributed by atoms with Crippen LogP contribution < -0.4 is 10.6 Å². The van der Waals surface area contributed by atoms with Crippen LogP contribution in [-0.2, 0) is 10.2 Å². The largest absolute Gasteiger partial charge is 0.406 e. The van der Waals surface area contributed by atoms with E-state index in [9.17, 15) is 18.0 Å². The molecule has 0 aliphatic heterocycles. The molecule has 0 spiro atoms. The van der Waals surface area contributed by atoms with Crippen molar-refractivity contribution < 1.29 is 18.0 Å². The Bertz CT molecular complexity index is 612. The molecular formula is C17H23F3N4O. The third-order valence-corrected chi connectivity index (χ3v) is 4.31. The van der Waals surface area contributed by atoms with Gasteiger partial charge < -0.3 is 15.5 Å². The molecule has 8 heteroatoms. The minimum absolute atomic E-state index is 0.0654. The minimum atomic E-state index is -4.40. The van der Waals surface area contributed by atoms with E-state index in [0.717, 1.165) is 19.9 Å². The van der Waals surface area contributed by atoms with Gasteiger partial charge in [-0.05, 0) is 18.4 Å². The number of alkyl halides is 3. The molecule has 5 nitrogen and oxygen atoms in total. The normalized spacial score (nSPS) is 16.3. The molecule has 0 unspecified atom stereocenters. The van der Waals surface area contributed by atoms with Crippen LogP contribution in [0.5, 0.6) is 0 Å². The van der Waals surface area contributed by atoms with Crippen LogP contribution in [0.2, 0.25) is 0 Å². The van der Waals surface area contributed by atoms with Crippen LogP contribution in [0, 0.1) is 0 Å². The van der Waals surface area contributed by atoms with Crippen molar-refractivity contribution in [1.82, 2.24) is 15.5 Å². The van der Waals surface area contributed by atoms with E-state index >= 15 is 0 Å². The summed E-state index contributed by atoms with van der Waals surface area (Å²) in [6.45, 7) is -0.857. The molecule has 0 aromatic heterocycles. The van der Waals surface area contributed by atoms with Crippen molar-refractivity contribution in [2.45, 2.75) is 24.4 Å². The molecule has 25 heavy (non-hydrogen) atoms. The first-order chi connectivity index (χ1) is 11.8. The number of rotatable bonds is 6. The average molecular weight is 356 g/mol. The lowest BCUT2D eigenvalue weighted by atomic mass is 9.96. The molecular weight excluding hydrogens is 333 g/mol. The molecule has 1 fully saturated rings. The summed E-state index contributed by atoms with van der Waals surface area (Å²) in [6, 6.07) is 10.1.